The van der Waals surface area contributed by atoms with Gasteiger partial charge in [0.05, 0.1) is 14.2 Å². The molecule has 1 aliphatic heterocycles. The normalized spacial score (nSPS) is 16.6. The molecule has 1 saturated heterocycles. The summed E-state index contributed by atoms with van der Waals surface area (Å²) in [5.74, 6) is 1.56. The van der Waals surface area contributed by atoms with Crippen molar-refractivity contribution in [3.8, 4) is 11.5 Å². The molecule has 0 bridgehead atoms. The molecule has 0 saturated carbocycles. The van der Waals surface area contributed by atoms with Crippen LogP contribution in [0.4, 0.5) is 5.69 Å². The van der Waals surface area contributed by atoms with Crippen LogP contribution in [0.5, 0.6) is 11.5 Å². The van der Waals surface area contributed by atoms with Gasteiger partial charge in [-0.3, -0.25) is 4.79 Å². The summed E-state index contributed by atoms with van der Waals surface area (Å²) in [6.45, 7) is 2.67. The zero-order valence-corrected chi connectivity index (χ0v) is 14.7. The van der Waals surface area contributed by atoms with Crippen molar-refractivity contribution in [2.75, 3.05) is 38.8 Å². The topological polar surface area (TPSA) is 50.8 Å². The number of nitrogens with zero attached hydrogens (tertiary/aromatic N) is 1. The van der Waals surface area contributed by atoms with Gasteiger partial charge >= 0.3 is 0 Å². The first-order valence-electron chi connectivity index (χ1n) is 8.51. The molecule has 0 radical (unpaired) electrons. The Morgan fingerprint density at radius 2 is 1.88 bits per heavy atom. The van der Waals surface area contributed by atoms with E-state index in [9.17, 15) is 4.79 Å². The maximum absolute atomic E-state index is 12.4. The van der Waals surface area contributed by atoms with Crippen LogP contribution in [0, 0.1) is 5.92 Å². The van der Waals surface area contributed by atoms with Crippen molar-refractivity contribution >= 4 is 11.6 Å². The molecule has 1 amide bonds. The van der Waals surface area contributed by atoms with Gasteiger partial charge in [0.15, 0.2) is 11.5 Å². The molecule has 1 fully saturated rings. The van der Waals surface area contributed by atoms with Crippen molar-refractivity contribution in [2.24, 2.45) is 5.92 Å². The number of methoxy groups -OCH3 is 2. The number of carbonyl (C=O) groups is 1. The summed E-state index contributed by atoms with van der Waals surface area (Å²) < 4.78 is 10.5. The molecule has 2 aromatic rings. The van der Waals surface area contributed by atoms with Crippen molar-refractivity contribution < 1.29 is 14.3 Å². The van der Waals surface area contributed by atoms with Gasteiger partial charge in [-0.05, 0) is 42.7 Å². The molecule has 25 heavy (non-hydrogen) atoms. The van der Waals surface area contributed by atoms with Gasteiger partial charge in [-0.15, -0.1) is 0 Å². The zero-order chi connectivity index (χ0) is 17.6. The number of hydrogen-bond acceptors (Lipinski definition) is 4. The number of rotatable bonds is 6. The predicted octanol–water partition coefficient (Wildman–Crippen LogP) is 2.96. The Morgan fingerprint density at radius 3 is 2.60 bits per heavy atom. The standard InChI is InChI=1S/C20H24N2O3/c1-24-18-9-8-16(12-19(18)25-2)20(23)21-13-15-10-11-22(14-15)17-6-4-3-5-7-17/h3-9,12,15H,10-11,13-14H2,1-2H3,(H,21,23). The Kier molecular flexibility index (Phi) is 5.43. The molecule has 132 valence electrons. The van der Waals surface area contributed by atoms with Gasteiger partial charge < -0.3 is 19.7 Å². The number of anilines is 1. The Labute approximate surface area is 148 Å². The van der Waals surface area contributed by atoms with Crippen molar-refractivity contribution in [1.82, 2.24) is 5.32 Å². The second kappa shape index (κ2) is 7.92. The van der Waals surface area contributed by atoms with Crippen LogP contribution in [0.25, 0.3) is 0 Å². The largest absolute Gasteiger partial charge is 0.493 e. The molecule has 0 aromatic heterocycles. The molecule has 1 aliphatic rings. The average Bonchev–Trinajstić information content (AvgIpc) is 3.15. The number of carbonyl (C=O) groups excluding carboxylic acids is 1. The van der Waals surface area contributed by atoms with E-state index in [4.69, 9.17) is 9.47 Å². The van der Waals surface area contributed by atoms with Crippen LogP contribution in [0.2, 0.25) is 0 Å². The van der Waals surface area contributed by atoms with E-state index in [0.29, 0.717) is 29.5 Å². The summed E-state index contributed by atoms with van der Waals surface area (Å²) in [4.78, 5) is 14.8. The number of benzene rings is 2. The molecule has 2 aromatic carbocycles. The lowest BCUT2D eigenvalue weighted by Gasteiger charge is -2.18. The number of ether oxygens (including phenoxy) is 2. The fourth-order valence-electron chi connectivity index (χ4n) is 3.19. The molecule has 1 N–H and O–H groups in total. The highest BCUT2D eigenvalue weighted by Crippen LogP contribution is 2.27. The van der Waals surface area contributed by atoms with E-state index < -0.39 is 0 Å². The lowest BCUT2D eigenvalue weighted by molar-refractivity contribution is 0.0948. The van der Waals surface area contributed by atoms with Gasteiger partial charge in [-0.2, -0.15) is 0 Å². The number of nitrogens with one attached hydrogen (secondary N) is 1. The maximum Gasteiger partial charge on any atom is 0.251 e. The van der Waals surface area contributed by atoms with Crippen LogP contribution in [-0.4, -0.2) is 39.8 Å². The molecular weight excluding hydrogens is 316 g/mol. The summed E-state index contributed by atoms with van der Waals surface area (Å²) in [5, 5.41) is 3.04. The van der Waals surface area contributed by atoms with Crippen molar-refractivity contribution in [1.29, 1.82) is 0 Å². The lowest BCUT2D eigenvalue weighted by Crippen LogP contribution is -2.31. The van der Waals surface area contributed by atoms with Crippen molar-refractivity contribution in [3.63, 3.8) is 0 Å². The molecule has 1 atom stereocenters. The van der Waals surface area contributed by atoms with Crippen molar-refractivity contribution in [2.45, 2.75) is 6.42 Å². The van der Waals surface area contributed by atoms with Crippen molar-refractivity contribution in [3.05, 3.63) is 54.1 Å². The van der Waals surface area contributed by atoms with Gasteiger partial charge in [0, 0.05) is 30.9 Å². The second-order valence-corrected chi connectivity index (χ2v) is 6.22. The fraction of sp³-hybridized carbons (Fsp3) is 0.350. The molecule has 5 nitrogen and oxygen atoms in total. The third-order valence-corrected chi connectivity index (χ3v) is 4.60. The highest BCUT2D eigenvalue weighted by molar-refractivity contribution is 5.94. The first kappa shape index (κ1) is 17.1. The minimum atomic E-state index is -0.0842. The van der Waals surface area contributed by atoms with Crippen LogP contribution < -0.4 is 19.7 Å². The molecule has 0 spiro atoms. The summed E-state index contributed by atoms with van der Waals surface area (Å²) in [5.41, 5.74) is 1.83. The first-order chi connectivity index (χ1) is 12.2. The van der Waals surface area contributed by atoms with E-state index in [1.54, 1.807) is 32.4 Å². The van der Waals surface area contributed by atoms with Crippen LogP contribution in [0.3, 0.4) is 0 Å². The number of amides is 1. The summed E-state index contributed by atoms with van der Waals surface area (Å²) in [6.07, 6.45) is 1.08. The Bertz CT molecular complexity index is 718. The highest BCUT2D eigenvalue weighted by Gasteiger charge is 2.23. The highest BCUT2D eigenvalue weighted by atomic mass is 16.5. The van der Waals surface area contributed by atoms with E-state index in [2.05, 4.69) is 34.5 Å². The van der Waals surface area contributed by atoms with Crippen LogP contribution in [0.1, 0.15) is 16.8 Å². The van der Waals surface area contributed by atoms with Gasteiger partial charge in [0.2, 0.25) is 0 Å². The maximum atomic E-state index is 12.4. The molecule has 1 unspecified atom stereocenters. The van der Waals surface area contributed by atoms with Gasteiger partial charge in [-0.1, -0.05) is 18.2 Å². The number of hydrogen-bond donors (Lipinski definition) is 1. The third kappa shape index (κ3) is 4.05. The minimum Gasteiger partial charge on any atom is -0.493 e. The average molecular weight is 340 g/mol. The van der Waals surface area contributed by atoms with Gasteiger partial charge in [0.25, 0.3) is 5.91 Å². The lowest BCUT2D eigenvalue weighted by atomic mass is 10.1. The molecule has 0 aliphatic carbocycles. The van der Waals surface area contributed by atoms with E-state index in [1.165, 1.54) is 5.69 Å². The zero-order valence-electron chi connectivity index (χ0n) is 14.7. The third-order valence-electron chi connectivity index (χ3n) is 4.60. The SMILES string of the molecule is COc1ccc(C(=O)NCC2CCN(c3ccccc3)C2)cc1OC. The van der Waals surface area contributed by atoms with E-state index in [-0.39, 0.29) is 5.91 Å². The van der Waals surface area contributed by atoms with Crippen LogP contribution >= 0.6 is 0 Å². The van der Waals surface area contributed by atoms with Crippen LogP contribution in [0.15, 0.2) is 48.5 Å². The fourth-order valence-corrected chi connectivity index (χ4v) is 3.19. The van der Waals surface area contributed by atoms with Gasteiger partial charge in [-0.25, -0.2) is 0 Å². The Morgan fingerprint density at radius 1 is 1.12 bits per heavy atom. The quantitative estimate of drug-likeness (QED) is 0.878. The summed E-state index contributed by atoms with van der Waals surface area (Å²) in [6, 6.07) is 15.6. The molecule has 1 heterocycles. The van der Waals surface area contributed by atoms with Crippen LogP contribution in [-0.2, 0) is 0 Å². The summed E-state index contributed by atoms with van der Waals surface area (Å²) >= 11 is 0. The first-order valence-corrected chi connectivity index (χ1v) is 8.51. The van der Waals surface area contributed by atoms with Gasteiger partial charge in [0.1, 0.15) is 0 Å². The van der Waals surface area contributed by atoms with E-state index >= 15 is 0 Å². The summed E-state index contributed by atoms with van der Waals surface area (Å²) in [7, 11) is 3.15. The van der Waals surface area contributed by atoms with E-state index in [1.807, 2.05) is 6.07 Å². The molecular formula is C20H24N2O3. The molecule has 3 rings (SSSR count). The smallest absolute Gasteiger partial charge is 0.251 e. The predicted molar refractivity (Wildman–Crippen MR) is 98.6 cm³/mol. The monoisotopic (exact) mass is 340 g/mol. The Balaban J connectivity index is 1.55. The Hall–Kier alpha value is -2.69. The minimum absolute atomic E-state index is 0.0842. The second-order valence-electron chi connectivity index (χ2n) is 6.22. The number of para-hydroxylation sites is 1. The molecule has 5 heteroatoms. The van der Waals surface area contributed by atoms with E-state index in [0.717, 1.165) is 19.5 Å².